The van der Waals surface area contributed by atoms with Crippen molar-refractivity contribution in [2.75, 3.05) is 6.54 Å². The second kappa shape index (κ2) is 4.57. The summed E-state index contributed by atoms with van der Waals surface area (Å²) >= 11 is 0. The van der Waals surface area contributed by atoms with E-state index in [1.54, 1.807) is 13.8 Å². The van der Waals surface area contributed by atoms with Crippen LogP contribution >= 0.6 is 0 Å². The van der Waals surface area contributed by atoms with Gasteiger partial charge < -0.3 is 0 Å². The first kappa shape index (κ1) is 14.4. The Morgan fingerprint density at radius 2 is 1.88 bits per heavy atom. The average Bonchev–Trinajstić information content (AvgIpc) is 2.40. The molecular formula is C11H22N2O3S. The highest BCUT2D eigenvalue weighted by Gasteiger charge is 2.46. The van der Waals surface area contributed by atoms with E-state index in [4.69, 9.17) is 0 Å². The van der Waals surface area contributed by atoms with Gasteiger partial charge in [-0.05, 0) is 11.8 Å². The third-order valence-corrected chi connectivity index (χ3v) is 5.54. The lowest BCUT2D eigenvalue weighted by Crippen LogP contribution is -2.47. The van der Waals surface area contributed by atoms with E-state index in [1.807, 2.05) is 20.8 Å². The highest BCUT2D eigenvalue weighted by atomic mass is 32.2. The number of nitrogens with zero attached hydrogens (tertiary/aromatic N) is 1. The highest BCUT2D eigenvalue weighted by molar-refractivity contribution is 7.90. The van der Waals surface area contributed by atoms with Crippen LogP contribution in [0, 0.1) is 11.3 Å². The van der Waals surface area contributed by atoms with Crippen LogP contribution in [0.3, 0.4) is 0 Å². The Morgan fingerprint density at radius 3 is 2.24 bits per heavy atom. The lowest BCUT2D eigenvalue weighted by molar-refractivity contribution is -0.126. The fourth-order valence-electron chi connectivity index (χ4n) is 1.92. The molecule has 0 saturated carbocycles. The number of hydrogen-bond donors (Lipinski definition) is 1. The molecule has 5 nitrogen and oxygen atoms in total. The molecule has 1 saturated heterocycles. The normalized spacial score (nSPS) is 25.2. The van der Waals surface area contributed by atoms with Crippen molar-refractivity contribution < 1.29 is 13.2 Å². The van der Waals surface area contributed by atoms with Crippen molar-refractivity contribution in [3.63, 3.8) is 0 Å². The predicted molar refractivity (Wildman–Crippen MR) is 66.5 cm³/mol. The molecule has 1 atom stereocenters. The molecule has 6 heteroatoms. The summed E-state index contributed by atoms with van der Waals surface area (Å²) in [7, 11) is -3.41. The van der Waals surface area contributed by atoms with Gasteiger partial charge in [-0.15, -0.1) is 4.41 Å². The van der Waals surface area contributed by atoms with Crippen LogP contribution in [0.4, 0.5) is 0 Å². The Balaban J connectivity index is 2.85. The molecule has 1 aliphatic rings. The molecule has 1 heterocycles. The Kier molecular flexibility index (Phi) is 3.88. The molecule has 17 heavy (non-hydrogen) atoms. The van der Waals surface area contributed by atoms with Gasteiger partial charge in [0, 0.05) is 12.5 Å². The minimum atomic E-state index is -3.41. The topological polar surface area (TPSA) is 66.5 Å². The molecular weight excluding hydrogens is 240 g/mol. The molecule has 1 unspecified atom stereocenters. The largest absolute Gasteiger partial charge is 0.275 e. The van der Waals surface area contributed by atoms with Crippen molar-refractivity contribution in [2.24, 2.45) is 11.3 Å². The van der Waals surface area contributed by atoms with E-state index in [-0.39, 0.29) is 17.2 Å². The third-order valence-electron chi connectivity index (χ3n) is 2.99. The number of sulfonamides is 1. The van der Waals surface area contributed by atoms with Gasteiger partial charge in [0.05, 0.1) is 5.25 Å². The second-order valence-corrected chi connectivity index (χ2v) is 7.93. The molecule has 0 aromatic heterocycles. The smallest absolute Gasteiger partial charge is 0.237 e. The number of hydrazine groups is 1. The van der Waals surface area contributed by atoms with E-state index in [1.165, 1.54) is 0 Å². The van der Waals surface area contributed by atoms with Crippen molar-refractivity contribution >= 4 is 15.9 Å². The fraction of sp³-hybridized carbons (Fsp3) is 0.909. The van der Waals surface area contributed by atoms with Crippen LogP contribution in [0.2, 0.25) is 0 Å². The standard InChI is InChI=1S/C11H22N2O3S/c1-8(2)10(14)12-13-7-6-9(11(3,4)5)17(13,15)16/h8-9H,6-7H2,1-5H3,(H,12,14). The van der Waals surface area contributed by atoms with Crippen LogP contribution in [-0.4, -0.2) is 30.5 Å². The maximum atomic E-state index is 12.2. The Labute approximate surface area is 104 Å². The maximum Gasteiger partial charge on any atom is 0.237 e. The average molecular weight is 262 g/mol. The van der Waals surface area contributed by atoms with Gasteiger partial charge in [-0.3, -0.25) is 10.2 Å². The van der Waals surface area contributed by atoms with Crippen molar-refractivity contribution in [3.8, 4) is 0 Å². The van der Waals surface area contributed by atoms with E-state index in [0.717, 1.165) is 4.41 Å². The van der Waals surface area contributed by atoms with E-state index >= 15 is 0 Å². The molecule has 0 spiro atoms. The molecule has 0 aromatic rings. The van der Waals surface area contributed by atoms with Crippen LogP contribution < -0.4 is 5.43 Å². The SMILES string of the molecule is CC(C)C(=O)NN1CCC(C(C)(C)C)S1(=O)=O. The number of nitrogens with one attached hydrogen (secondary N) is 1. The van der Waals surface area contributed by atoms with Gasteiger partial charge in [0.25, 0.3) is 0 Å². The second-order valence-electron chi connectivity index (χ2n) is 5.89. The molecule has 0 bridgehead atoms. The van der Waals surface area contributed by atoms with Crippen LogP contribution in [-0.2, 0) is 14.8 Å². The zero-order valence-electron chi connectivity index (χ0n) is 11.1. The summed E-state index contributed by atoms with van der Waals surface area (Å²) in [6.45, 7) is 9.55. The summed E-state index contributed by atoms with van der Waals surface area (Å²) < 4.78 is 25.5. The van der Waals surface area contributed by atoms with Crippen molar-refractivity contribution in [1.29, 1.82) is 0 Å². The van der Waals surface area contributed by atoms with Gasteiger partial charge in [-0.2, -0.15) is 0 Å². The molecule has 1 fully saturated rings. The van der Waals surface area contributed by atoms with E-state index in [0.29, 0.717) is 13.0 Å². The van der Waals surface area contributed by atoms with Crippen LogP contribution in [0.1, 0.15) is 41.0 Å². The zero-order chi connectivity index (χ0) is 13.4. The number of rotatable bonds is 2. The van der Waals surface area contributed by atoms with Crippen LogP contribution in [0.5, 0.6) is 0 Å². The van der Waals surface area contributed by atoms with Gasteiger partial charge >= 0.3 is 0 Å². The summed E-state index contributed by atoms with van der Waals surface area (Å²) in [6, 6.07) is 0. The van der Waals surface area contributed by atoms with Gasteiger partial charge in [0.2, 0.25) is 15.9 Å². The Hall–Kier alpha value is -0.620. The quantitative estimate of drug-likeness (QED) is 0.811. The van der Waals surface area contributed by atoms with Crippen LogP contribution in [0.15, 0.2) is 0 Å². The van der Waals surface area contributed by atoms with Gasteiger partial charge in [0.15, 0.2) is 0 Å². The molecule has 1 N–H and O–H groups in total. The van der Waals surface area contributed by atoms with Crippen molar-refractivity contribution in [1.82, 2.24) is 9.84 Å². The minimum Gasteiger partial charge on any atom is -0.275 e. The first-order valence-corrected chi connectivity index (χ1v) is 7.39. The lowest BCUT2D eigenvalue weighted by Gasteiger charge is -2.27. The lowest BCUT2D eigenvalue weighted by atomic mass is 9.90. The molecule has 100 valence electrons. The molecule has 0 aromatic carbocycles. The van der Waals surface area contributed by atoms with Gasteiger partial charge in [-0.1, -0.05) is 34.6 Å². The van der Waals surface area contributed by atoms with Crippen molar-refractivity contribution in [3.05, 3.63) is 0 Å². The molecule has 1 rings (SSSR count). The minimum absolute atomic E-state index is 0.223. The first-order valence-electron chi connectivity index (χ1n) is 5.89. The highest BCUT2D eigenvalue weighted by Crippen LogP contribution is 2.34. The Morgan fingerprint density at radius 1 is 1.35 bits per heavy atom. The zero-order valence-corrected chi connectivity index (χ0v) is 12.0. The number of carbonyl (C=O) groups excluding carboxylic acids is 1. The maximum absolute atomic E-state index is 12.2. The molecule has 1 aliphatic heterocycles. The number of carbonyl (C=O) groups is 1. The third kappa shape index (κ3) is 2.98. The van der Waals surface area contributed by atoms with E-state index < -0.39 is 15.3 Å². The number of amides is 1. The monoisotopic (exact) mass is 262 g/mol. The van der Waals surface area contributed by atoms with Crippen molar-refractivity contribution in [2.45, 2.75) is 46.3 Å². The Bertz CT molecular complexity index is 395. The van der Waals surface area contributed by atoms with E-state index in [9.17, 15) is 13.2 Å². The predicted octanol–water partition coefficient (Wildman–Crippen LogP) is 1.12. The van der Waals surface area contributed by atoms with E-state index in [2.05, 4.69) is 5.43 Å². The van der Waals surface area contributed by atoms with Crippen LogP contribution in [0.25, 0.3) is 0 Å². The van der Waals surface area contributed by atoms with Gasteiger partial charge in [0.1, 0.15) is 0 Å². The summed E-state index contributed by atoms with van der Waals surface area (Å²) in [5.74, 6) is -0.484. The summed E-state index contributed by atoms with van der Waals surface area (Å²) in [6.07, 6.45) is 0.560. The molecule has 1 amide bonds. The summed E-state index contributed by atoms with van der Waals surface area (Å²) in [5, 5.41) is -0.428. The number of hydrogen-bond acceptors (Lipinski definition) is 3. The molecule has 0 aliphatic carbocycles. The summed E-state index contributed by atoms with van der Waals surface area (Å²) in [5.41, 5.74) is 2.17. The fourth-order valence-corrected chi connectivity index (χ4v) is 4.10. The van der Waals surface area contributed by atoms with Gasteiger partial charge in [-0.25, -0.2) is 8.42 Å². The first-order chi connectivity index (χ1) is 7.56. The summed E-state index contributed by atoms with van der Waals surface area (Å²) in [4.78, 5) is 11.5. The molecule has 0 radical (unpaired) electrons.